The van der Waals surface area contributed by atoms with Crippen molar-refractivity contribution >= 4 is 6.08 Å². The largest absolute Gasteiger partial charge is 0.459 e. The molecule has 0 amide bonds. The Bertz CT molecular complexity index is 551. The van der Waals surface area contributed by atoms with Crippen LogP contribution in [0.3, 0.4) is 0 Å². The molecule has 0 radical (unpaired) electrons. The minimum Gasteiger partial charge on any atom is -0.459 e. The summed E-state index contributed by atoms with van der Waals surface area (Å²) in [6.07, 6.45) is 5.69. The van der Waals surface area contributed by atoms with Crippen LogP contribution in [0.15, 0.2) is 45.9 Å². The second-order valence-electron chi connectivity index (χ2n) is 5.23. The Morgan fingerprint density at radius 1 is 1.43 bits per heavy atom. The van der Waals surface area contributed by atoms with Crippen molar-refractivity contribution in [3.8, 4) is 0 Å². The van der Waals surface area contributed by atoms with Crippen LogP contribution >= 0.6 is 0 Å². The number of rotatable bonds is 7. The third-order valence-corrected chi connectivity index (χ3v) is 3.57. The van der Waals surface area contributed by atoms with Crippen molar-refractivity contribution in [2.24, 2.45) is 0 Å². The first kappa shape index (κ1) is 15.8. The van der Waals surface area contributed by atoms with Crippen LogP contribution in [-0.2, 0) is 11.3 Å². The standard InChI is InChI=1S/C17H22O4/c1-12(9-14-4-5-15(11-19)21-14)3-6-17-16(7-8-20-17)13(2)10-18/h4-5,7,9,17-19H,2-3,6,8,10-11H2,1H3/b12-9+. The molecule has 2 N–H and O–H groups in total. The minimum atomic E-state index is -0.0831. The summed E-state index contributed by atoms with van der Waals surface area (Å²) in [6.45, 7) is 6.37. The Kier molecular flexibility index (Phi) is 5.56. The third-order valence-electron chi connectivity index (χ3n) is 3.57. The maximum atomic E-state index is 9.17. The van der Waals surface area contributed by atoms with E-state index in [-0.39, 0.29) is 19.3 Å². The van der Waals surface area contributed by atoms with Crippen molar-refractivity contribution in [1.82, 2.24) is 0 Å². The average molecular weight is 290 g/mol. The van der Waals surface area contributed by atoms with E-state index in [0.717, 1.165) is 29.7 Å². The molecule has 1 atom stereocenters. The second kappa shape index (κ2) is 7.41. The van der Waals surface area contributed by atoms with Crippen molar-refractivity contribution in [3.05, 3.63) is 53.0 Å². The van der Waals surface area contributed by atoms with E-state index >= 15 is 0 Å². The van der Waals surface area contributed by atoms with E-state index in [2.05, 4.69) is 6.58 Å². The summed E-state index contributed by atoms with van der Waals surface area (Å²) < 4.78 is 11.1. The molecule has 0 fully saturated rings. The van der Waals surface area contributed by atoms with E-state index in [1.54, 1.807) is 6.07 Å². The average Bonchev–Trinajstić information content (AvgIpc) is 3.12. The molecule has 0 saturated heterocycles. The van der Waals surface area contributed by atoms with E-state index in [0.29, 0.717) is 12.4 Å². The molecule has 2 rings (SSSR count). The minimum absolute atomic E-state index is 0.0117. The highest BCUT2D eigenvalue weighted by Crippen LogP contribution is 2.26. The van der Waals surface area contributed by atoms with Gasteiger partial charge in [0.05, 0.1) is 19.3 Å². The van der Waals surface area contributed by atoms with Gasteiger partial charge in [0.2, 0.25) is 0 Å². The molecule has 114 valence electrons. The molecular weight excluding hydrogens is 268 g/mol. The lowest BCUT2D eigenvalue weighted by Gasteiger charge is -2.15. The zero-order valence-corrected chi connectivity index (χ0v) is 12.3. The van der Waals surface area contributed by atoms with Crippen LogP contribution < -0.4 is 0 Å². The summed E-state index contributed by atoms with van der Waals surface area (Å²) in [5, 5.41) is 18.1. The Labute approximate surface area is 125 Å². The summed E-state index contributed by atoms with van der Waals surface area (Å²) in [7, 11) is 0. The first-order chi connectivity index (χ1) is 10.1. The van der Waals surface area contributed by atoms with E-state index in [9.17, 15) is 5.11 Å². The van der Waals surface area contributed by atoms with Gasteiger partial charge >= 0.3 is 0 Å². The van der Waals surface area contributed by atoms with E-state index in [4.69, 9.17) is 14.3 Å². The molecule has 1 aromatic rings. The number of hydrogen-bond donors (Lipinski definition) is 2. The van der Waals surface area contributed by atoms with Gasteiger partial charge < -0.3 is 19.4 Å². The molecule has 0 spiro atoms. The molecule has 2 heterocycles. The van der Waals surface area contributed by atoms with Crippen LogP contribution in [0, 0.1) is 0 Å². The molecule has 0 saturated carbocycles. The predicted octanol–water partition coefficient (Wildman–Crippen LogP) is 2.83. The van der Waals surface area contributed by atoms with Crippen LogP contribution in [0.2, 0.25) is 0 Å². The van der Waals surface area contributed by atoms with Crippen LogP contribution in [0.5, 0.6) is 0 Å². The summed E-state index contributed by atoms with van der Waals surface area (Å²) >= 11 is 0. The number of furan rings is 1. The quantitative estimate of drug-likeness (QED) is 0.810. The first-order valence-electron chi connectivity index (χ1n) is 7.11. The van der Waals surface area contributed by atoms with Gasteiger partial charge in [-0.25, -0.2) is 0 Å². The molecule has 4 heteroatoms. The van der Waals surface area contributed by atoms with Gasteiger partial charge in [-0.1, -0.05) is 18.2 Å². The Balaban J connectivity index is 1.90. The topological polar surface area (TPSA) is 62.8 Å². The molecule has 0 aliphatic carbocycles. The number of ether oxygens (including phenoxy) is 1. The van der Waals surface area contributed by atoms with Gasteiger partial charge in [0, 0.05) is 0 Å². The Hall–Kier alpha value is -1.62. The maximum absolute atomic E-state index is 9.17. The smallest absolute Gasteiger partial charge is 0.130 e. The normalized spacial score (nSPS) is 18.9. The molecule has 4 nitrogen and oxygen atoms in total. The van der Waals surface area contributed by atoms with Crippen molar-refractivity contribution in [2.45, 2.75) is 32.5 Å². The van der Waals surface area contributed by atoms with Crippen molar-refractivity contribution in [2.75, 3.05) is 13.2 Å². The summed E-state index contributed by atoms with van der Waals surface area (Å²) in [5.41, 5.74) is 2.93. The molecule has 0 aromatic carbocycles. The number of hydrogen-bond acceptors (Lipinski definition) is 4. The van der Waals surface area contributed by atoms with Crippen LogP contribution in [-0.4, -0.2) is 29.5 Å². The molecular formula is C17H22O4. The molecule has 1 aliphatic heterocycles. The Morgan fingerprint density at radius 3 is 2.90 bits per heavy atom. The molecule has 1 aliphatic rings. The third kappa shape index (κ3) is 4.17. The molecule has 21 heavy (non-hydrogen) atoms. The van der Waals surface area contributed by atoms with Crippen LogP contribution in [0.1, 0.15) is 31.3 Å². The van der Waals surface area contributed by atoms with Crippen LogP contribution in [0.25, 0.3) is 6.08 Å². The van der Waals surface area contributed by atoms with Gasteiger partial charge in [-0.3, -0.25) is 0 Å². The second-order valence-corrected chi connectivity index (χ2v) is 5.23. The lowest BCUT2D eigenvalue weighted by molar-refractivity contribution is 0.116. The lowest BCUT2D eigenvalue weighted by atomic mass is 9.98. The highest BCUT2D eigenvalue weighted by atomic mass is 16.5. The number of allylic oxidation sites excluding steroid dienone is 1. The van der Waals surface area contributed by atoms with Crippen molar-refractivity contribution < 1.29 is 19.4 Å². The van der Waals surface area contributed by atoms with Gasteiger partial charge in [0.15, 0.2) is 0 Å². The zero-order valence-electron chi connectivity index (χ0n) is 12.3. The fourth-order valence-corrected chi connectivity index (χ4v) is 2.41. The molecule has 1 unspecified atom stereocenters. The number of aliphatic hydroxyl groups is 2. The van der Waals surface area contributed by atoms with E-state index in [1.165, 1.54) is 5.57 Å². The van der Waals surface area contributed by atoms with Gasteiger partial charge in [0.25, 0.3) is 0 Å². The molecule has 0 bridgehead atoms. The van der Waals surface area contributed by atoms with E-state index < -0.39 is 0 Å². The SMILES string of the molecule is C=C(CO)C1=CCOC1CC/C(C)=C/c1ccc(CO)o1. The Morgan fingerprint density at radius 2 is 2.24 bits per heavy atom. The molecule has 1 aromatic heterocycles. The number of aliphatic hydroxyl groups excluding tert-OH is 2. The zero-order chi connectivity index (χ0) is 15.2. The van der Waals surface area contributed by atoms with Gasteiger partial charge in [-0.15, -0.1) is 0 Å². The summed E-state index contributed by atoms with van der Waals surface area (Å²) in [6, 6.07) is 3.62. The lowest BCUT2D eigenvalue weighted by Crippen LogP contribution is -2.12. The summed E-state index contributed by atoms with van der Waals surface area (Å²) in [4.78, 5) is 0. The fourth-order valence-electron chi connectivity index (χ4n) is 2.41. The van der Waals surface area contributed by atoms with E-state index in [1.807, 2.05) is 25.1 Å². The van der Waals surface area contributed by atoms with Crippen LogP contribution in [0.4, 0.5) is 0 Å². The highest BCUT2D eigenvalue weighted by Gasteiger charge is 2.21. The van der Waals surface area contributed by atoms with Crippen molar-refractivity contribution in [1.29, 1.82) is 0 Å². The van der Waals surface area contributed by atoms with Gasteiger partial charge in [-0.05, 0) is 49.1 Å². The summed E-state index contributed by atoms with van der Waals surface area (Å²) in [5.74, 6) is 1.32. The fraction of sp³-hybridized carbons (Fsp3) is 0.412. The van der Waals surface area contributed by atoms with Gasteiger partial charge in [0.1, 0.15) is 18.1 Å². The highest BCUT2D eigenvalue weighted by molar-refractivity contribution is 5.47. The predicted molar refractivity (Wildman–Crippen MR) is 81.6 cm³/mol. The first-order valence-corrected chi connectivity index (χ1v) is 7.11. The maximum Gasteiger partial charge on any atom is 0.130 e. The monoisotopic (exact) mass is 290 g/mol. The van der Waals surface area contributed by atoms with Gasteiger partial charge in [-0.2, -0.15) is 0 Å². The van der Waals surface area contributed by atoms with Crippen molar-refractivity contribution in [3.63, 3.8) is 0 Å².